The van der Waals surface area contributed by atoms with Gasteiger partial charge in [0.15, 0.2) is 0 Å². The topological polar surface area (TPSA) is 89.5 Å². The van der Waals surface area contributed by atoms with E-state index in [9.17, 15) is 4.79 Å². The zero-order valence-electron chi connectivity index (χ0n) is 12.2. The summed E-state index contributed by atoms with van der Waals surface area (Å²) in [4.78, 5) is 21.2. The molecule has 22 heavy (non-hydrogen) atoms. The van der Waals surface area contributed by atoms with Crippen LogP contribution >= 0.6 is 11.6 Å². The van der Waals surface area contributed by atoms with Gasteiger partial charge in [-0.2, -0.15) is 0 Å². The SMILES string of the molecule is Cc1[nH]c(-c2cccc(Cl)c2)nc1C(=O)N(CCO)CCO. The van der Waals surface area contributed by atoms with Gasteiger partial charge in [0.05, 0.1) is 13.2 Å². The quantitative estimate of drug-likeness (QED) is 0.751. The third kappa shape index (κ3) is 3.65. The van der Waals surface area contributed by atoms with E-state index >= 15 is 0 Å². The van der Waals surface area contributed by atoms with Crippen LogP contribution in [0.4, 0.5) is 0 Å². The standard InChI is InChI=1S/C15H18ClN3O3/c1-10-13(15(22)19(5-7-20)6-8-21)18-14(17-10)11-3-2-4-12(16)9-11/h2-4,9,20-21H,5-8H2,1H3,(H,17,18). The van der Waals surface area contributed by atoms with Gasteiger partial charge in [0.2, 0.25) is 0 Å². The van der Waals surface area contributed by atoms with Gasteiger partial charge in [-0.25, -0.2) is 4.98 Å². The van der Waals surface area contributed by atoms with Gasteiger partial charge < -0.3 is 20.1 Å². The predicted octanol–water partition coefficient (Wildman–Crippen LogP) is 1.47. The maximum Gasteiger partial charge on any atom is 0.274 e. The summed E-state index contributed by atoms with van der Waals surface area (Å²) in [5, 5.41) is 18.6. The molecule has 0 saturated carbocycles. The summed E-state index contributed by atoms with van der Waals surface area (Å²) < 4.78 is 0. The summed E-state index contributed by atoms with van der Waals surface area (Å²) in [5.74, 6) is 0.224. The summed E-state index contributed by atoms with van der Waals surface area (Å²) in [5.41, 5.74) is 1.68. The number of hydrogen-bond acceptors (Lipinski definition) is 4. The monoisotopic (exact) mass is 323 g/mol. The van der Waals surface area contributed by atoms with Crippen LogP contribution in [0.1, 0.15) is 16.2 Å². The summed E-state index contributed by atoms with van der Waals surface area (Å²) in [6.07, 6.45) is 0. The highest BCUT2D eigenvalue weighted by atomic mass is 35.5. The molecule has 1 aromatic carbocycles. The fourth-order valence-corrected chi connectivity index (χ4v) is 2.34. The molecule has 2 rings (SSSR count). The molecule has 3 N–H and O–H groups in total. The molecule has 1 aromatic heterocycles. The minimum absolute atomic E-state index is 0.151. The number of nitrogens with zero attached hydrogens (tertiary/aromatic N) is 2. The molecule has 0 radical (unpaired) electrons. The van der Waals surface area contributed by atoms with Gasteiger partial charge in [-0.15, -0.1) is 0 Å². The van der Waals surface area contributed by atoms with E-state index in [0.717, 1.165) is 5.56 Å². The molecule has 0 bridgehead atoms. The number of amides is 1. The lowest BCUT2D eigenvalue weighted by molar-refractivity contribution is 0.0679. The van der Waals surface area contributed by atoms with Crippen molar-refractivity contribution in [2.75, 3.05) is 26.3 Å². The van der Waals surface area contributed by atoms with Crippen LogP contribution in [-0.2, 0) is 0 Å². The molecule has 7 heteroatoms. The largest absolute Gasteiger partial charge is 0.395 e. The number of aromatic nitrogens is 2. The zero-order valence-corrected chi connectivity index (χ0v) is 13.0. The number of benzene rings is 1. The number of imidazole rings is 1. The van der Waals surface area contributed by atoms with Crippen molar-refractivity contribution in [3.05, 3.63) is 40.7 Å². The number of nitrogens with one attached hydrogen (secondary N) is 1. The van der Waals surface area contributed by atoms with E-state index < -0.39 is 0 Å². The molecule has 0 aliphatic rings. The average molecular weight is 324 g/mol. The van der Waals surface area contributed by atoms with Gasteiger partial charge in [-0.3, -0.25) is 4.79 Å². The van der Waals surface area contributed by atoms with Gasteiger partial charge >= 0.3 is 0 Å². The van der Waals surface area contributed by atoms with Crippen LogP contribution in [0.2, 0.25) is 5.02 Å². The summed E-state index contributed by atoms with van der Waals surface area (Å²) in [7, 11) is 0. The Bertz CT molecular complexity index is 651. The lowest BCUT2D eigenvalue weighted by Gasteiger charge is -2.19. The zero-order chi connectivity index (χ0) is 16.1. The average Bonchev–Trinajstić information content (AvgIpc) is 2.88. The van der Waals surface area contributed by atoms with Gasteiger partial charge in [0.25, 0.3) is 5.91 Å². The van der Waals surface area contributed by atoms with Crippen molar-refractivity contribution in [3.63, 3.8) is 0 Å². The fraction of sp³-hybridized carbons (Fsp3) is 0.333. The minimum atomic E-state index is -0.329. The first-order valence-electron chi connectivity index (χ1n) is 6.90. The second-order valence-electron chi connectivity index (χ2n) is 4.81. The third-order valence-electron chi connectivity index (χ3n) is 3.21. The van der Waals surface area contributed by atoms with Gasteiger partial charge in [-0.1, -0.05) is 23.7 Å². The molecule has 6 nitrogen and oxygen atoms in total. The van der Waals surface area contributed by atoms with Gasteiger partial charge in [0.1, 0.15) is 11.5 Å². The number of aromatic amines is 1. The molecule has 0 unspecified atom stereocenters. The van der Waals surface area contributed by atoms with Crippen molar-refractivity contribution < 1.29 is 15.0 Å². The van der Waals surface area contributed by atoms with E-state index in [1.807, 2.05) is 6.07 Å². The Morgan fingerprint density at radius 3 is 2.59 bits per heavy atom. The number of aliphatic hydroxyl groups excluding tert-OH is 2. The molecular weight excluding hydrogens is 306 g/mol. The number of carbonyl (C=O) groups excluding carboxylic acids is 1. The molecule has 1 heterocycles. The second-order valence-corrected chi connectivity index (χ2v) is 5.25. The Morgan fingerprint density at radius 1 is 1.32 bits per heavy atom. The van der Waals surface area contributed by atoms with E-state index in [2.05, 4.69) is 9.97 Å². The number of carbonyl (C=O) groups is 1. The van der Waals surface area contributed by atoms with Crippen LogP contribution in [0, 0.1) is 6.92 Å². The summed E-state index contributed by atoms with van der Waals surface area (Å²) >= 11 is 5.96. The molecule has 118 valence electrons. The van der Waals surface area contributed by atoms with Crippen molar-refractivity contribution in [2.24, 2.45) is 0 Å². The summed E-state index contributed by atoms with van der Waals surface area (Å²) in [6, 6.07) is 7.17. The van der Waals surface area contributed by atoms with Gasteiger partial charge in [-0.05, 0) is 19.1 Å². The second kappa shape index (κ2) is 7.40. The van der Waals surface area contributed by atoms with Crippen LogP contribution in [0.15, 0.2) is 24.3 Å². The van der Waals surface area contributed by atoms with Gasteiger partial charge in [0, 0.05) is 29.4 Å². The molecule has 0 fully saturated rings. The maximum atomic E-state index is 12.5. The van der Waals surface area contributed by atoms with E-state index in [0.29, 0.717) is 16.5 Å². The molecule has 0 atom stereocenters. The molecule has 2 aromatic rings. The highest BCUT2D eigenvalue weighted by molar-refractivity contribution is 6.30. The highest BCUT2D eigenvalue weighted by Gasteiger charge is 2.21. The normalized spacial score (nSPS) is 10.7. The van der Waals surface area contributed by atoms with Crippen molar-refractivity contribution in [2.45, 2.75) is 6.92 Å². The molecular formula is C15H18ClN3O3. The smallest absolute Gasteiger partial charge is 0.274 e. The van der Waals surface area contributed by atoms with Crippen LogP contribution in [0.25, 0.3) is 11.4 Å². The lowest BCUT2D eigenvalue weighted by atomic mass is 10.2. The Balaban J connectivity index is 2.31. The Morgan fingerprint density at radius 2 is 2.00 bits per heavy atom. The van der Waals surface area contributed by atoms with Crippen LogP contribution in [0.3, 0.4) is 0 Å². The Labute approximate surface area is 133 Å². The molecule has 1 amide bonds. The van der Waals surface area contributed by atoms with E-state index in [1.54, 1.807) is 25.1 Å². The van der Waals surface area contributed by atoms with E-state index in [-0.39, 0.29) is 37.9 Å². The van der Waals surface area contributed by atoms with E-state index in [4.69, 9.17) is 21.8 Å². The number of rotatable bonds is 6. The van der Waals surface area contributed by atoms with Crippen molar-refractivity contribution in [1.29, 1.82) is 0 Å². The van der Waals surface area contributed by atoms with E-state index in [1.165, 1.54) is 4.90 Å². The van der Waals surface area contributed by atoms with Crippen LogP contribution in [0.5, 0.6) is 0 Å². The Hall–Kier alpha value is -1.89. The number of aryl methyl sites for hydroxylation is 1. The van der Waals surface area contributed by atoms with Crippen molar-refractivity contribution >= 4 is 17.5 Å². The number of halogens is 1. The maximum absolute atomic E-state index is 12.5. The fourth-order valence-electron chi connectivity index (χ4n) is 2.15. The first kappa shape index (κ1) is 16.5. The number of aliphatic hydroxyl groups is 2. The van der Waals surface area contributed by atoms with Crippen LogP contribution < -0.4 is 0 Å². The van der Waals surface area contributed by atoms with Crippen molar-refractivity contribution in [1.82, 2.24) is 14.9 Å². The van der Waals surface area contributed by atoms with Crippen molar-refractivity contribution in [3.8, 4) is 11.4 Å². The first-order chi connectivity index (χ1) is 10.6. The lowest BCUT2D eigenvalue weighted by Crippen LogP contribution is -2.36. The minimum Gasteiger partial charge on any atom is -0.395 e. The summed E-state index contributed by atoms with van der Waals surface area (Å²) in [6.45, 7) is 1.72. The number of hydrogen-bond donors (Lipinski definition) is 3. The van der Waals surface area contributed by atoms with Crippen LogP contribution in [-0.4, -0.2) is 57.3 Å². The molecule has 0 aliphatic carbocycles. The first-order valence-corrected chi connectivity index (χ1v) is 7.28. The molecule has 0 saturated heterocycles. The highest BCUT2D eigenvalue weighted by Crippen LogP contribution is 2.22. The molecule has 0 spiro atoms. The molecule has 0 aliphatic heterocycles. The Kier molecular flexibility index (Phi) is 5.54. The number of H-pyrrole nitrogens is 1. The predicted molar refractivity (Wildman–Crippen MR) is 83.8 cm³/mol. The third-order valence-corrected chi connectivity index (χ3v) is 3.45.